The molecule has 5 nitrogen and oxygen atoms in total. The van der Waals surface area contributed by atoms with Crippen molar-refractivity contribution in [2.75, 3.05) is 6.61 Å². The lowest BCUT2D eigenvalue weighted by atomic mass is 10.2. The summed E-state index contributed by atoms with van der Waals surface area (Å²) in [5, 5.41) is 0. The van der Waals surface area contributed by atoms with E-state index in [0.717, 1.165) is 11.1 Å². The Bertz CT molecular complexity index is 750. The molecule has 0 saturated heterocycles. The van der Waals surface area contributed by atoms with Gasteiger partial charge in [-0.15, -0.1) is 0 Å². The molecule has 0 radical (unpaired) electrons. The monoisotopic (exact) mass is 340 g/mol. The first-order chi connectivity index (χ1) is 12.0. The van der Waals surface area contributed by atoms with Gasteiger partial charge >= 0.3 is 11.9 Å². The van der Waals surface area contributed by atoms with Crippen LogP contribution in [0.3, 0.4) is 0 Å². The maximum absolute atomic E-state index is 11.3. The molecule has 2 aromatic carbocycles. The van der Waals surface area contributed by atoms with Gasteiger partial charge in [0.25, 0.3) is 0 Å². The van der Waals surface area contributed by atoms with Crippen LogP contribution in [-0.2, 0) is 20.9 Å². The summed E-state index contributed by atoms with van der Waals surface area (Å²) in [5.41, 5.74) is 1.82. The van der Waals surface area contributed by atoms with E-state index in [9.17, 15) is 9.59 Å². The SMILES string of the molecule is CC(=O)OC/C=C/c1ccc(OCc2ccccc2)c(OC(C)=O)c1. The summed E-state index contributed by atoms with van der Waals surface area (Å²) >= 11 is 0. The van der Waals surface area contributed by atoms with Crippen molar-refractivity contribution in [2.24, 2.45) is 0 Å². The zero-order valence-corrected chi connectivity index (χ0v) is 14.2. The number of rotatable bonds is 7. The van der Waals surface area contributed by atoms with Gasteiger partial charge in [-0.05, 0) is 29.3 Å². The summed E-state index contributed by atoms with van der Waals surface area (Å²) in [5.74, 6) is 0.0646. The van der Waals surface area contributed by atoms with E-state index in [-0.39, 0.29) is 12.6 Å². The second-order valence-electron chi connectivity index (χ2n) is 5.28. The molecule has 0 saturated carbocycles. The number of carbonyl (C=O) groups excluding carboxylic acids is 2. The highest BCUT2D eigenvalue weighted by molar-refractivity contribution is 5.71. The van der Waals surface area contributed by atoms with Gasteiger partial charge in [-0.1, -0.05) is 42.5 Å². The molecule has 0 aliphatic rings. The first kappa shape index (κ1) is 18.3. The van der Waals surface area contributed by atoms with E-state index < -0.39 is 5.97 Å². The van der Waals surface area contributed by atoms with E-state index in [1.165, 1.54) is 13.8 Å². The molecule has 2 aromatic rings. The number of esters is 2. The molecule has 0 fully saturated rings. The molecule has 5 heteroatoms. The van der Waals surface area contributed by atoms with Crippen molar-refractivity contribution in [2.45, 2.75) is 20.5 Å². The molecule has 0 heterocycles. The van der Waals surface area contributed by atoms with Crippen molar-refractivity contribution < 1.29 is 23.8 Å². The van der Waals surface area contributed by atoms with Gasteiger partial charge in [0, 0.05) is 13.8 Å². The highest BCUT2D eigenvalue weighted by Crippen LogP contribution is 2.30. The Labute approximate surface area is 146 Å². The molecule has 0 aliphatic heterocycles. The number of ether oxygens (including phenoxy) is 3. The van der Waals surface area contributed by atoms with Crippen molar-refractivity contribution in [3.05, 3.63) is 65.7 Å². The van der Waals surface area contributed by atoms with Crippen molar-refractivity contribution in [1.29, 1.82) is 0 Å². The number of benzene rings is 2. The van der Waals surface area contributed by atoms with Crippen molar-refractivity contribution in [1.82, 2.24) is 0 Å². The molecule has 0 aromatic heterocycles. The first-order valence-corrected chi connectivity index (χ1v) is 7.83. The highest BCUT2D eigenvalue weighted by Gasteiger charge is 2.09. The molecule has 0 spiro atoms. The maximum Gasteiger partial charge on any atom is 0.308 e. The van der Waals surface area contributed by atoms with Crippen molar-refractivity contribution in [3.63, 3.8) is 0 Å². The molecule has 0 atom stereocenters. The van der Waals surface area contributed by atoms with Crippen LogP contribution in [0.15, 0.2) is 54.6 Å². The van der Waals surface area contributed by atoms with Gasteiger partial charge in [0.2, 0.25) is 0 Å². The van der Waals surface area contributed by atoms with Gasteiger partial charge in [0.05, 0.1) is 0 Å². The lowest BCUT2D eigenvalue weighted by Crippen LogP contribution is -2.04. The molecular formula is C20H20O5. The Hall–Kier alpha value is -3.08. The topological polar surface area (TPSA) is 61.8 Å². The van der Waals surface area contributed by atoms with Crippen molar-refractivity contribution >= 4 is 18.0 Å². The number of hydrogen-bond donors (Lipinski definition) is 0. The summed E-state index contributed by atoms with van der Waals surface area (Å²) in [6, 6.07) is 15.0. The summed E-state index contributed by atoms with van der Waals surface area (Å²) in [4.78, 5) is 22.1. The number of hydrogen-bond acceptors (Lipinski definition) is 5. The predicted molar refractivity (Wildman–Crippen MR) is 94.2 cm³/mol. The fourth-order valence-electron chi connectivity index (χ4n) is 2.07. The lowest BCUT2D eigenvalue weighted by Gasteiger charge is -2.12. The third kappa shape index (κ3) is 6.51. The quantitative estimate of drug-likeness (QED) is 0.567. The zero-order chi connectivity index (χ0) is 18.1. The van der Waals surface area contributed by atoms with Crippen LogP contribution in [0.1, 0.15) is 25.0 Å². The van der Waals surface area contributed by atoms with E-state index in [4.69, 9.17) is 14.2 Å². The van der Waals surface area contributed by atoms with Crippen LogP contribution in [0.4, 0.5) is 0 Å². The molecule has 25 heavy (non-hydrogen) atoms. The molecule has 0 aliphatic carbocycles. The summed E-state index contributed by atoms with van der Waals surface area (Å²) in [6.45, 7) is 3.25. The van der Waals surface area contributed by atoms with E-state index in [0.29, 0.717) is 18.1 Å². The average molecular weight is 340 g/mol. The summed E-state index contributed by atoms with van der Waals surface area (Å²) < 4.78 is 15.8. The maximum atomic E-state index is 11.3. The largest absolute Gasteiger partial charge is 0.485 e. The molecular weight excluding hydrogens is 320 g/mol. The summed E-state index contributed by atoms with van der Waals surface area (Å²) in [7, 11) is 0. The molecule has 0 N–H and O–H groups in total. The molecule has 2 rings (SSSR count). The van der Waals surface area contributed by atoms with Crippen LogP contribution >= 0.6 is 0 Å². The highest BCUT2D eigenvalue weighted by atomic mass is 16.6. The van der Waals surface area contributed by atoms with Gasteiger partial charge in [0.1, 0.15) is 13.2 Å². The normalized spacial score (nSPS) is 10.5. The Morgan fingerprint density at radius 3 is 2.40 bits per heavy atom. The molecule has 0 amide bonds. The van der Waals surface area contributed by atoms with Crippen LogP contribution in [0.25, 0.3) is 6.08 Å². The first-order valence-electron chi connectivity index (χ1n) is 7.83. The fraction of sp³-hybridized carbons (Fsp3) is 0.200. The number of carbonyl (C=O) groups is 2. The minimum atomic E-state index is -0.425. The summed E-state index contributed by atoms with van der Waals surface area (Å²) in [6.07, 6.45) is 3.48. The van der Waals surface area contributed by atoms with Gasteiger partial charge in [0.15, 0.2) is 11.5 Å². The Morgan fingerprint density at radius 1 is 0.960 bits per heavy atom. The fourth-order valence-corrected chi connectivity index (χ4v) is 2.07. The van der Waals surface area contributed by atoms with Crippen LogP contribution in [0.2, 0.25) is 0 Å². The Balaban J connectivity index is 2.10. The van der Waals surface area contributed by atoms with E-state index >= 15 is 0 Å². The standard InChI is InChI=1S/C20H20O5/c1-15(21)23-12-6-9-17-10-11-19(20(13-17)25-16(2)22)24-14-18-7-4-3-5-8-18/h3-11,13H,12,14H2,1-2H3/b9-6+. The third-order valence-corrected chi connectivity index (χ3v) is 3.15. The van der Waals surface area contributed by atoms with E-state index in [1.54, 1.807) is 24.3 Å². The van der Waals surface area contributed by atoms with Gasteiger partial charge < -0.3 is 14.2 Å². The zero-order valence-electron chi connectivity index (χ0n) is 14.2. The second kappa shape index (κ2) is 9.27. The third-order valence-electron chi connectivity index (χ3n) is 3.15. The molecule has 130 valence electrons. The smallest absolute Gasteiger partial charge is 0.308 e. The van der Waals surface area contributed by atoms with Gasteiger partial charge in [-0.25, -0.2) is 0 Å². The minimum absolute atomic E-state index is 0.185. The van der Waals surface area contributed by atoms with Gasteiger partial charge in [-0.3, -0.25) is 9.59 Å². The molecule has 0 unspecified atom stereocenters. The van der Waals surface area contributed by atoms with Crippen molar-refractivity contribution in [3.8, 4) is 11.5 Å². The van der Waals surface area contributed by atoms with E-state index in [2.05, 4.69) is 0 Å². The molecule has 0 bridgehead atoms. The average Bonchev–Trinajstić information content (AvgIpc) is 2.58. The van der Waals surface area contributed by atoms with Crippen LogP contribution in [0, 0.1) is 0 Å². The van der Waals surface area contributed by atoms with E-state index in [1.807, 2.05) is 36.4 Å². The van der Waals surface area contributed by atoms with Crippen LogP contribution in [0.5, 0.6) is 11.5 Å². The lowest BCUT2D eigenvalue weighted by molar-refractivity contribution is -0.139. The predicted octanol–water partition coefficient (Wildman–Crippen LogP) is 3.77. The van der Waals surface area contributed by atoms with Crippen LogP contribution < -0.4 is 9.47 Å². The minimum Gasteiger partial charge on any atom is -0.485 e. The van der Waals surface area contributed by atoms with Crippen LogP contribution in [-0.4, -0.2) is 18.5 Å². The van der Waals surface area contributed by atoms with Gasteiger partial charge in [-0.2, -0.15) is 0 Å². The Kier molecular flexibility index (Phi) is 6.77. The Morgan fingerprint density at radius 2 is 1.72 bits per heavy atom. The second-order valence-corrected chi connectivity index (χ2v) is 5.28.